The van der Waals surface area contributed by atoms with E-state index in [1.807, 2.05) is 31.2 Å². The third-order valence-corrected chi connectivity index (χ3v) is 3.89. The first-order chi connectivity index (χ1) is 13.6. The van der Waals surface area contributed by atoms with Gasteiger partial charge in [0.2, 0.25) is 5.91 Å². The largest absolute Gasteiger partial charge is 0.493 e. The molecule has 5 heteroatoms. The first-order valence-corrected chi connectivity index (χ1v) is 9.62. The summed E-state index contributed by atoms with van der Waals surface area (Å²) < 4.78 is 10.9. The molecule has 0 aromatic heterocycles. The Bertz CT molecular complexity index is 814. The Labute approximate surface area is 166 Å². The fourth-order valence-corrected chi connectivity index (χ4v) is 2.43. The molecule has 2 rings (SSSR count). The van der Waals surface area contributed by atoms with Crippen LogP contribution in [-0.4, -0.2) is 25.1 Å². The van der Waals surface area contributed by atoms with Crippen LogP contribution in [0.2, 0.25) is 0 Å². The van der Waals surface area contributed by atoms with Gasteiger partial charge in [-0.25, -0.2) is 4.79 Å². The number of hydrogen-bond donors (Lipinski definition) is 1. The van der Waals surface area contributed by atoms with E-state index in [4.69, 9.17) is 9.47 Å². The van der Waals surface area contributed by atoms with E-state index in [2.05, 4.69) is 12.2 Å². The lowest BCUT2D eigenvalue weighted by Gasteiger charge is -2.08. The monoisotopic (exact) mass is 381 g/mol. The van der Waals surface area contributed by atoms with Crippen LogP contribution in [0.25, 0.3) is 6.08 Å². The zero-order valence-corrected chi connectivity index (χ0v) is 16.4. The summed E-state index contributed by atoms with van der Waals surface area (Å²) in [5.74, 6) is 0.0646. The Kier molecular flexibility index (Phi) is 8.79. The summed E-state index contributed by atoms with van der Waals surface area (Å²) in [5, 5.41) is 2.76. The molecule has 0 radical (unpaired) electrons. The normalized spacial score (nSPS) is 10.6. The summed E-state index contributed by atoms with van der Waals surface area (Å²) in [4.78, 5) is 24.2. The molecule has 0 saturated heterocycles. The van der Waals surface area contributed by atoms with Gasteiger partial charge in [-0.1, -0.05) is 44.5 Å². The molecule has 0 saturated carbocycles. The molecule has 0 spiro atoms. The number of benzene rings is 2. The molecule has 0 aliphatic heterocycles. The van der Waals surface area contributed by atoms with Crippen molar-refractivity contribution in [2.45, 2.75) is 33.1 Å². The first kappa shape index (κ1) is 21.2. The predicted molar refractivity (Wildman–Crippen MR) is 112 cm³/mol. The molecule has 0 heterocycles. The van der Waals surface area contributed by atoms with Crippen LogP contribution in [-0.2, 0) is 9.53 Å². The molecule has 0 aliphatic rings. The number of carbonyl (C=O) groups is 2. The number of rotatable bonds is 10. The third-order valence-electron chi connectivity index (χ3n) is 3.89. The van der Waals surface area contributed by atoms with Crippen LogP contribution in [0.5, 0.6) is 5.75 Å². The van der Waals surface area contributed by atoms with E-state index in [9.17, 15) is 9.59 Å². The van der Waals surface area contributed by atoms with E-state index >= 15 is 0 Å². The molecule has 1 amide bonds. The van der Waals surface area contributed by atoms with Gasteiger partial charge in [-0.3, -0.25) is 4.79 Å². The fourth-order valence-electron chi connectivity index (χ4n) is 2.43. The maximum absolute atomic E-state index is 12.3. The van der Waals surface area contributed by atoms with Crippen molar-refractivity contribution in [1.82, 2.24) is 0 Å². The number of unbranched alkanes of at least 4 members (excludes halogenated alkanes) is 1. The van der Waals surface area contributed by atoms with Crippen LogP contribution in [0.1, 0.15) is 49.0 Å². The maximum atomic E-state index is 12.3. The number of para-hydroxylation sites is 1. The highest BCUT2D eigenvalue weighted by Gasteiger charge is 2.08. The molecule has 0 unspecified atom stereocenters. The maximum Gasteiger partial charge on any atom is 0.338 e. The summed E-state index contributed by atoms with van der Waals surface area (Å²) in [7, 11) is 0. The van der Waals surface area contributed by atoms with E-state index < -0.39 is 5.97 Å². The molecule has 2 aromatic carbocycles. The molecule has 28 heavy (non-hydrogen) atoms. The molecule has 5 nitrogen and oxygen atoms in total. The van der Waals surface area contributed by atoms with E-state index in [0.717, 1.165) is 30.6 Å². The second kappa shape index (κ2) is 11.6. The molecule has 1 N–H and O–H groups in total. The molecule has 0 aliphatic carbocycles. The zero-order valence-electron chi connectivity index (χ0n) is 16.4. The van der Waals surface area contributed by atoms with Crippen LogP contribution < -0.4 is 10.1 Å². The average molecular weight is 381 g/mol. The van der Waals surface area contributed by atoms with E-state index in [1.54, 1.807) is 30.3 Å². The first-order valence-electron chi connectivity index (χ1n) is 9.62. The minimum Gasteiger partial charge on any atom is -0.493 e. The van der Waals surface area contributed by atoms with Crippen LogP contribution in [0.3, 0.4) is 0 Å². The lowest BCUT2D eigenvalue weighted by molar-refractivity contribution is -0.111. The van der Waals surface area contributed by atoms with Gasteiger partial charge < -0.3 is 14.8 Å². The van der Waals surface area contributed by atoms with Crippen molar-refractivity contribution in [2.24, 2.45) is 0 Å². The van der Waals surface area contributed by atoms with E-state index in [-0.39, 0.29) is 5.91 Å². The molecule has 2 aromatic rings. The Morgan fingerprint density at radius 2 is 1.82 bits per heavy atom. The minimum atomic E-state index is -0.397. The molecule has 0 bridgehead atoms. The number of ether oxygens (including phenoxy) is 2. The molecular formula is C23H27NO4. The highest BCUT2D eigenvalue weighted by Crippen LogP contribution is 2.20. The summed E-state index contributed by atoms with van der Waals surface area (Å²) in [5.41, 5.74) is 1.78. The fraction of sp³-hybridized carbons (Fsp3) is 0.304. The van der Waals surface area contributed by atoms with Crippen LogP contribution in [0, 0.1) is 0 Å². The summed E-state index contributed by atoms with van der Waals surface area (Å²) in [6.45, 7) is 5.06. The van der Waals surface area contributed by atoms with Crippen molar-refractivity contribution in [2.75, 3.05) is 18.5 Å². The lowest BCUT2D eigenvalue weighted by atomic mass is 10.1. The van der Waals surface area contributed by atoms with Crippen molar-refractivity contribution in [1.29, 1.82) is 0 Å². The Morgan fingerprint density at radius 1 is 1.00 bits per heavy atom. The van der Waals surface area contributed by atoms with Gasteiger partial charge in [-0.05, 0) is 43.2 Å². The average Bonchev–Trinajstić information content (AvgIpc) is 2.71. The van der Waals surface area contributed by atoms with Crippen molar-refractivity contribution >= 4 is 23.6 Å². The van der Waals surface area contributed by atoms with Crippen molar-refractivity contribution in [3.05, 3.63) is 65.7 Å². The third kappa shape index (κ3) is 6.91. The second-order valence-electron chi connectivity index (χ2n) is 6.28. The summed E-state index contributed by atoms with van der Waals surface area (Å²) >= 11 is 0. The summed E-state index contributed by atoms with van der Waals surface area (Å²) in [6.07, 6.45) is 5.97. The number of hydrogen-bond acceptors (Lipinski definition) is 4. The van der Waals surface area contributed by atoms with Gasteiger partial charge in [-0.2, -0.15) is 0 Å². The van der Waals surface area contributed by atoms with Gasteiger partial charge in [-0.15, -0.1) is 0 Å². The van der Waals surface area contributed by atoms with Crippen LogP contribution >= 0.6 is 0 Å². The van der Waals surface area contributed by atoms with Gasteiger partial charge >= 0.3 is 5.97 Å². The predicted octanol–water partition coefficient (Wildman–Crippen LogP) is 5.08. The van der Waals surface area contributed by atoms with Crippen molar-refractivity contribution < 1.29 is 19.1 Å². The zero-order chi connectivity index (χ0) is 20.2. The molecule has 0 fully saturated rings. The number of amides is 1. The van der Waals surface area contributed by atoms with Gasteiger partial charge in [0, 0.05) is 17.3 Å². The smallest absolute Gasteiger partial charge is 0.338 e. The van der Waals surface area contributed by atoms with Gasteiger partial charge in [0.25, 0.3) is 0 Å². The standard InChI is InChI=1S/C23H27NO4/c1-3-5-16-27-21-12-7-6-9-18(21)13-14-22(25)24-20-11-8-10-19(17-20)23(26)28-15-4-2/h6-14,17H,3-5,15-16H2,1-2H3,(H,24,25). The van der Waals surface area contributed by atoms with Crippen molar-refractivity contribution in [3.63, 3.8) is 0 Å². The highest BCUT2D eigenvalue weighted by molar-refractivity contribution is 6.02. The van der Waals surface area contributed by atoms with Crippen LogP contribution in [0.15, 0.2) is 54.6 Å². The Hall–Kier alpha value is -3.08. The van der Waals surface area contributed by atoms with Gasteiger partial charge in [0.05, 0.1) is 18.8 Å². The molecular weight excluding hydrogens is 354 g/mol. The van der Waals surface area contributed by atoms with E-state index in [0.29, 0.717) is 24.5 Å². The van der Waals surface area contributed by atoms with Gasteiger partial charge in [0.1, 0.15) is 5.75 Å². The van der Waals surface area contributed by atoms with Crippen molar-refractivity contribution in [3.8, 4) is 5.75 Å². The Balaban J connectivity index is 2.00. The number of carbonyl (C=O) groups excluding carboxylic acids is 2. The number of nitrogens with one attached hydrogen (secondary N) is 1. The summed E-state index contributed by atoms with van der Waals surface area (Å²) in [6, 6.07) is 14.3. The molecule has 148 valence electrons. The SMILES string of the molecule is CCCCOc1ccccc1C=CC(=O)Nc1cccc(C(=O)OCCC)c1. The number of esters is 1. The van der Waals surface area contributed by atoms with E-state index in [1.165, 1.54) is 6.08 Å². The lowest BCUT2D eigenvalue weighted by Crippen LogP contribution is -2.10. The van der Waals surface area contributed by atoms with Gasteiger partial charge in [0.15, 0.2) is 0 Å². The Morgan fingerprint density at radius 3 is 2.61 bits per heavy atom. The number of anilines is 1. The quantitative estimate of drug-likeness (QED) is 0.354. The minimum absolute atomic E-state index is 0.289. The van der Waals surface area contributed by atoms with Crippen LogP contribution in [0.4, 0.5) is 5.69 Å². The topological polar surface area (TPSA) is 64.6 Å². The second-order valence-corrected chi connectivity index (χ2v) is 6.28. The molecule has 0 atom stereocenters. The highest BCUT2D eigenvalue weighted by atomic mass is 16.5.